The Kier molecular flexibility index (Phi) is 3.06. The topological polar surface area (TPSA) is 101 Å². The number of sulfonamides is 1. The van der Waals surface area contributed by atoms with E-state index in [1.165, 1.54) is 6.07 Å². The number of nitrogens with two attached hydrogens (primary N) is 1. The molecule has 0 amide bonds. The quantitative estimate of drug-likeness (QED) is 0.646. The van der Waals surface area contributed by atoms with Crippen LogP contribution in [0.15, 0.2) is 47.5 Å². The van der Waals surface area contributed by atoms with E-state index in [0.29, 0.717) is 22.3 Å². The average molecular weight is 302 g/mol. The fourth-order valence-electron chi connectivity index (χ4n) is 2.18. The molecule has 0 aliphatic heterocycles. The maximum Gasteiger partial charge on any atom is 0.262 e. The zero-order valence-electron chi connectivity index (χ0n) is 11.3. The Bertz CT molecular complexity index is 916. The second kappa shape index (κ2) is 4.78. The minimum Gasteiger partial charge on any atom is -0.398 e. The molecular weight excluding hydrogens is 288 g/mol. The Balaban J connectivity index is 2.08. The number of H-pyrrole nitrogens is 1. The van der Waals surface area contributed by atoms with Gasteiger partial charge in [0.05, 0.1) is 22.3 Å². The van der Waals surface area contributed by atoms with Crippen molar-refractivity contribution >= 4 is 32.3 Å². The van der Waals surface area contributed by atoms with Crippen molar-refractivity contribution < 1.29 is 8.42 Å². The van der Waals surface area contributed by atoms with Gasteiger partial charge in [0.1, 0.15) is 0 Å². The summed E-state index contributed by atoms with van der Waals surface area (Å²) in [5, 5.41) is 7.43. The third-order valence-electron chi connectivity index (χ3n) is 3.34. The fraction of sp³-hybridized carbons (Fsp3) is 0.0714. The number of anilines is 2. The van der Waals surface area contributed by atoms with E-state index in [2.05, 4.69) is 14.9 Å². The molecule has 1 heterocycles. The van der Waals surface area contributed by atoms with Crippen LogP contribution in [0.5, 0.6) is 0 Å². The number of rotatable bonds is 3. The first kappa shape index (κ1) is 13.4. The lowest BCUT2D eigenvalue weighted by Gasteiger charge is -2.12. The number of aromatic nitrogens is 2. The van der Waals surface area contributed by atoms with Crippen LogP contribution in [-0.4, -0.2) is 18.6 Å². The van der Waals surface area contributed by atoms with Crippen LogP contribution >= 0.6 is 0 Å². The Labute approximate surface area is 122 Å². The van der Waals surface area contributed by atoms with E-state index in [0.717, 1.165) is 5.52 Å². The molecule has 0 atom stereocenters. The molecule has 2 aromatic carbocycles. The van der Waals surface area contributed by atoms with E-state index in [4.69, 9.17) is 5.73 Å². The molecular formula is C14H14N4O2S. The molecule has 0 unspecified atom stereocenters. The lowest BCUT2D eigenvalue weighted by Crippen LogP contribution is -2.15. The summed E-state index contributed by atoms with van der Waals surface area (Å²) < 4.78 is 27.7. The number of nitrogen functional groups attached to an aromatic ring is 1. The molecule has 1 aromatic heterocycles. The molecule has 6 nitrogen and oxygen atoms in total. The fourth-order valence-corrected chi connectivity index (χ4v) is 3.54. The summed E-state index contributed by atoms with van der Waals surface area (Å²) >= 11 is 0. The number of hydrogen-bond acceptors (Lipinski definition) is 4. The summed E-state index contributed by atoms with van der Waals surface area (Å²) in [5.74, 6) is 0. The second-order valence-corrected chi connectivity index (χ2v) is 6.36. The number of nitrogens with zero attached hydrogens (tertiary/aromatic N) is 1. The predicted octanol–water partition coefficient (Wildman–Crippen LogP) is 2.25. The van der Waals surface area contributed by atoms with Gasteiger partial charge in [-0.1, -0.05) is 12.1 Å². The summed E-state index contributed by atoms with van der Waals surface area (Å²) in [6.45, 7) is 1.68. The highest BCUT2D eigenvalue weighted by Crippen LogP contribution is 2.26. The van der Waals surface area contributed by atoms with E-state index in [1.807, 2.05) is 6.07 Å². The summed E-state index contributed by atoms with van der Waals surface area (Å²) in [5.41, 5.74) is 7.99. The predicted molar refractivity (Wildman–Crippen MR) is 82.5 cm³/mol. The van der Waals surface area contributed by atoms with Gasteiger partial charge in [0, 0.05) is 11.1 Å². The van der Waals surface area contributed by atoms with Gasteiger partial charge in [-0.2, -0.15) is 5.10 Å². The molecule has 0 saturated carbocycles. The van der Waals surface area contributed by atoms with Crippen LogP contribution in [0.4, 0.5) is 11.4 Å². The van der Waals surface area contributed by atoms with Crippen LogP contribution < -0.4 is 10.5 Å². The number of nitrogens with one attached hydrogen (secondary N) is 2. The van der Waals surface area contributed by atoms with Crippen LogP contribution in [0, 0.1) is 6.92 Å². The number of benzene rings is 2. The number of fused-ring (bicyclic) bond motifs is 1. The Morgan fingerprint density at radius 2 is 1.95 bits per heavy atom. The Hall–Kier alpha value is -2.54. The maximum atomic E-state index is 12.5. The highest BCUT2D eigenvalue weighted by Gasteiger charge is 2.19. The largest absolute Gasteiger partial charge is 0.398 e. The van der Waals surface area contributed by atoms with E-state index < -0.39 is 10.0 Å². The van der Waals surface area contributed by atoms with Crippen molar-refractivity contribution in [2.45, 2.75) is 11.8 Å². The molecule has 108 valence electrons. The first-order valence-electron chi connectivity index (χ1n) is 6.29. The minimum atomic E-state index is -3.71. The van der Waals surface area contributed by atoms with Crippen molar-refractivity contribution in [2.24, 2.45) is 0 Å². The van der Waals surface area contributed by atoms with Crippen molar-refractivity contribution in [3.8, 4) is 0 Å². The molecule has 0 bridgehead atoms. The smallest absolute Gasteiger partial charge is 0.262 e. The second-order valence-electron chi connectivity index (χ2n) is 4.71. The van der Waals surface area contributed by atoms with Crippen molar-refractivity contribution in [2.75, 3.05) is 10.5 Å². The molecule has 21 heavy (non-hydrogen) atoms. The molecule has 0 radical (unpaired) electrons. The van der Waals surface area contributed by atoms with Crippen LogP contribution in [-0.2, 0) is 10.0 Å². The normalized spacial score (nSPS) is 11.7. The zero-order chi connectivity index (χ0) is 15.0. The molecule has 0 fully saturated rings. The summed E-state index contributed by atoms with van der Waals surface area (Å²) in [6.07, 6.45) is 1.58. The minimum absolute atomic E-state index is 0.169. The molecule has 0 aliphatic rings. The van der Waals surface area contributed by atoms with Gasteiger partial charge >= 0.3 is 0 Å². The third kappa shape index (κ3) is 2.31. The Morgan fingerprint density at radius 1 is 1.19 bits per heavy atom. The van der Waals surface area contributed by atoms with Crippen molar-refractivity contribution in [3.63, 3.8) is 0 Å². The van der Waals surface area contributed by atoms with E-state index in [-0.39, 0.29) is 4.90 Å². The van der Waals surface area contributed by atoms with Gasteiger partial charge in [-0.25, -0.2) is 8.42 Å². The standard InChI is InChI=1S/C14H14N4O2S/c1-9-11(15)4-2-7-14(9)21(19,20)18-13-6-3-5-12-10(13)8-16-17-12/h2-8,18H,15H2,1H3,(H,16,17). The van der Waals surface area contributed by atoms with Gasteiger partial charge in [-0.3, -0.25) is 9.82 Å². The van der Waals surface area contributed by atoms with Crippen LogP contribution in [0.25, 0.3) is 10.9 Å². The molecule has 0 aliphatic carbocycles. The SMILES string of the molecule is Cc1c(N)cccc1S(=O)(=O)Nc1cccc2[nH]ncc12. The highest BCUT2D eigenvalue weighted by molar-refractivity contribution is 7.92. The lowest BCUT2D eigenvalue weighted by molar-refractivity contribution is 0.600. The number of aromatic amines is 1. The maximum absolute atomic E-state index is 12.5. The lowest BCUT2D eigenvalue weighted by atomic mass is 10.2. The first-order chi connectivity index (χ1) is 9.99. The van der Waals surface area contributed by atoms with Gasteiger partial charge < -0.3 is 5.73 Å². The van der Waals surface area contributed by atoms with E-state index in [9.17, 15) is 8.42 Å². The van der Waals surface area contributed by atoms with Gasteiger partial charge in [0.2, 0.25) is 0 Å². The van der Waals surface area contributed by atoms with Gasteiger partial charge in [0.15, 0.2) is 0 Å². The molecule has 0 saturated heterocycles. The molecule has 4 N–H and O–H groups in total. The van der Waals surface area contributed by atoms with Crippen LogP contribution in [0.1, 0.15) is 5.56 Å². The van der Waals surface area contributed by atoms with Gasteiger partial charge in [0.25, 0.3) is 10.0 Å². The molecule has 0 spiro atoms. The van der Waals surface area contributed by atoms with Crippen LogP contribution in [0.3, 0.4) is 0 Å². The van der Waals surface area contributed by atoms with Gasteiger partial charge in [-0.05, 0) is 36.8 Å². The summed E-state index contributed by atoms with van der Waals surface area (Å²) in [4.78, 5) is 0.169. The third-order valence-corrected chi connectivity index (χ3v) is 4.85. The van der Waals surface area contributed by atoms with Gasteiger partial charge in [-0.15, -0.1) is 0 Å². The molecule has 7 heteroatoms. The average Bonchev–Trinajstić information content (AvgIpc) is 2.91. The Morgan fingerprint density at radius 3 is 2.76 bits per heavy atom. The monoisotopic (exact) mass is 302 g/mol. The number of hydrogen-bond donors (Lipinski definition) is 3. The van der Waals surface area contributed by atoms with E-state index in [1.54, 1.807) is 37.4 Å². The highest BCUT2D eigenvalue weighted by atomic mass is 32.2. The van der Waals surface area contributed by atoms with Crippen LogP contribution in [0.2, 0.25) is 0 Å². The molecule has 3 rings (SSSR count). The first-order valence-corrected chi connectivity index (χ1v) is 7.77. The van der Waals surface area contributed by atoms with Crippen molar-refractivity contribution in [3.05, 3.63) is 48.2 Å². The van der Waals surface area contributed by atoms with Crippen molar-refractivity contribution in [1.82, 2.24) is 10.2 Å². The zero-order valence-corrected chi connectivity index (χ0v) is 12.1. The summed E-state index contributed by atoms with van der Waals surface area (Å²) in [6, 6.07) is 10.1. The van der Waals surface area contributed by atoms with E-state index >= 15 is 0 Å². The van der Waals surface area contributed by atoms with Crippen molar-refractivity contribution in [1.29, 1.82) is 0 Å². The summed E-state index contributed by atoms with van der Waals surface area (Å²) in [7, 11) is -3.71. The molecule has 3 aromatic rings.